The SMILES string of the molecule is CC(N)c1cnc(C2CCNCC2)s1. The van der Waals surface area contributed by atoms with Crippen molar-refractivity contribution in [2.75, 3.05) is 13.1 Å². The molecule has 1 aliphatic rings. The molecule has 3 N–H and O–H groups in total. The van der Waals surface area contributed by atoms with Crippen LogP contribution < -0.4 is 11.1 Å². The van der Waals surface area contributed by atoms with Gasteiger partial charge in [-0.05, 0) is 32.9 Å². The van der Waals surface area contributed by atoms with Gasteiger partial charge in [-0.1, -0.05) is 0 Å². The molecule has 1 saturated heterocycles. The van der Waals surface area contributed by atoms with Crippen LogP contribution in [0, 0.1) is 0 Å². The number of aromatic nitrogens is 1. The van der Waals surface area contributed by atoms with Crippen LogP contribution in [-0.4, -0.2) is 18.1 Å². The Morgan fingerprint density at radius 1 is 1.57 bits per heavy atom. The van der Waals surface area contributed by atoms with Crippen molar-refractivity contribution in [3.8, 4) is 0 Å². The lowest BCUT2D eigenvalue weighted by Crippen LogP contribution is -2.26. The highest BCUT2D eigenvalue weighted by atomic mass is 32.1. The molecule has 1 fully saturated rings. The van der Waals surface area contributed by atoms with Gasteiger partial charge in [-0.25, -0.2) is 4.98 Å². The standard InChI is InChI=1S/C10H17N3S/c1-7(11)9-6-13-10(14-9)8-2-4-12-5-3-8/h6-8,12H,2-5,11H2,1H3. The summed E-state index contributed by atoms with van der Waals surface area (Å²) in [6.45, 7) is 4.26. The van der Waals surface area contributed by atoms with Crippen LogP contribution in [-0.2, 0) is 0 Å². The quantitative estimate of drug-likeness (QED) is 0.781. The number of hydrogen-bond donors (Lipinski definition) is 2. The maximum atomic E-state index is 5.81. The van der Waals surface area contributed by atoms with Gasteiger partial charge in [0.05, 0.1) is 5.01 Å². The number of nitrogens with two attached hydrogens (primary N) is 1. The zero-order chi connectivity index (χ0) is 9.97. The third-order valence-corrected chi connectivity index (χ3v) is 4.04. The third kappa shape index (κ3) is 2.13. The highest BCUT2D eigenvalue weighted by Gasteiger charge is 2.18. The molecule has 4 heteroatoms. The van der Waals surface area contributed by atoms with Crippen LogP contribution in [0.25, 0.3) is 0 Å². The Morgan fingerprint density at radius 2 is 2.29 bits per heavy atom. The predicted octanol–water partition coefficient (Wildman–Crippen LogP) is 1.63. The van der Waals surface area contributed by atoms with Crippen LogP contribution in [0.15, 0.2) is 6.20 Å². The van der Waals surface area contributed by atoms with Crippen molar-refractivity contribution >= 4 is 11.3 Å². The minimum absolute atomic E-state index is 0.128. The van der Waals surface area contributed by atoms with E-state index in [4.69, 9.17) is 5.73 Å². The van der Waals surface area contributed by atoms with Gasteiger partial charge in [-0.2, -0.15) is 0 Å². The lowest BCUT2D eigenvalue weighted by atomic mass is 9.99. The molecule has 0 amide bonds. The second-order valence-corrected chi connectivity index (χ2v) is 5.01. The van der Waals surface area contributed by atoms with E-state index in [0.717, 1.165) is 13.1 Å². The van der Waals surface area contributed by atoms with E-state index in [2.05, 4.69) is 10.3 Å². The minimum atomic E-state index is 0.128. The number of nitrogens with zero attached hydrogens (tertiary/aromatic N) is 1. The first-order chi connectivity index (χ1) is 6.77. The van der Waals surface area contributed by atoms with Gasteiger partial charge >= 0.3 is 0 Å². The van der Waals surface area contributed by atoms with Crippen LogP contribution in [0.4, 0.5) is 0 Å². The highest BCUT2D eigenvalue weighted by Crippen LogP contribution is 2.30. The minimum Gasteiger partial charge on any atom is -0.323 e. The molecule has 0 bridgehead atoms. The zero-order valence-electron chi connectivity index (χ0n) is 8.49. The number of nitrogens with one attached hydrogen (secondary N) is 1. The molecular formula is C10H17N3S. The summed E-state index contributed by atoms with van der Waals surface area (Å²) < 4.78 is 0. The maximum absolute atomic E-state index is 5.81. The van der Waals surface area contributed by atoms with Crippen LogP contribution >= 0.6 is 11.3 Å². The van der Waals surface area contributed by atoms with Gasteiger partial charge < -0.3 is 11.1 Å². The third-order valence-electron chi connectivity index (χ3n) is 2.68. The molecule has 2 rings (SSSR count). The second kappa shape index (κ2) is 4.38. The van der Waals surface area contributed by atoms with Gasteiger partial charge in [0.1, 0.15) is 0 Å². The molecule has 14 heavy (non-hydrogen) atoms. The zero-order valence-corrected chi connectivity index (χ0v) is 9.31. The first kappa shape index (κ1) is 10.1. The van der Waals surface area contributed by atoms with Crippen molar-refractivity contribution in [3.05, 3.63) is 16.1 Å². The van der Waals surface area contributed by atoms with Crippen molar-refractivity contribution in [2.45, 2.75) is 31.7 Å². The van der Waals surface area contributed by atoms with Crippen LogP contribution in [0.5, 0.6) is 0 Å². The largest absolute Gasteiger partial charge is 0.323 e. The summed E-state index contributed by atoms with van der Waals surface area (Å²) >= 11 is 1.78. The van der Waals surface area contributed by atoms with Gasteiger partial charge in [-0.15, -0.1) is 11.3 Å². The highest BCUT2D eigenvalue weighted by molar-refractivity contribution is 7.11. The van der Waals surface area contributed by atoms with Gasteiger partial charge in [0.2, 0.25) is 0 Å². The van der Waals surface area contributed by atoms with Crippen LogP contribution in [0.3, 0.4) is 0 Å². The molecular weight excluding hydrogens is 194 g/mol. The summed E-state index contributed by atoms with van der Waals surface area (Å²) in [7, 11) is 0. The molecule has 2 heterocycles. The molecule has 1 aromatic heterocycles. The van der Waals surface area contributed by atoms with E-state index in [0.29, 0.717) is 5.92 Å². The van der Waals surface area contributed by atoms with Gasteiger partial charge in [-0.3, -0.25) is 0 Å². The Labute approximate surface area is 88.7 Å². The summed E-state index contributed by atoms with van der Waals surface area (Å²) in [5, 5.41) is 4.64. The fourth-order valence-corrected chi connectivity index (χ4v) is 2.81. The summed E-state index contributed by atoms with van der Waals surface area (Å²) in [6, 6.07) is 0.128. The molecule has 1 aromatic rings. The van der Waals surface area contributed by atoms with Crippen LogP contribution in [0.2, 0.25) is 0 Å². The fraction of sp³-hybridized carbons (Fsp3) is 0.700. The molecule has 78 valence electrons. The number of thiazole rings is 1. The topological polar surface area (TPSA) is 50.9 Å². The van der Waals surface area contributed by atoms with E-state index in [9.17, 15) is 0 Å². The van der Waals surface area contributed by atoms with E-state index in [1.54, 1.807) is 11.3 Å². The molecule has 3 nitrogen and oxygen atoms in total. The number of rotatable bonds is 2. The Morgan fingerprint density at radius 3 is 2.86 bits per heavy atom. The van der Waals surface area contributed by atoms with Crippen molar-refractivity contribution in [1.82, 2.24) is 10.3 Å². The molecule has 1 aliphatic heterocycles. The van der Waals surface area contributed by atoms with Crippen molar-refractivity contribution in [2.24, 2.45) is 5.73 Å². The summed E-state index contributed by atoms with van der Waals surface area (Å²) in [5.41, 5.74) is 5.81. The maximum Gasteiger partial charge on any atom is 0.0960 e. The van der Waals surface area contributed by atoms with Crippen molar-refractivity contribution < 1.29 is 0 Å². The first-order valence-corrected chi connectivity index (χ1v) is 6.01. The Hall–Kier alpha value is -0.450. The van der Waals surface area contributed by atoms with Crippen LogP contribution in [0.1, 0.15) is 41.6 Å². The number of hydrogen-bond acceptors (Lipinski definition) is 4. The van der Waals surface area contributed by atoms with E-state index in [1.165, 1.54) is 22.7 Å². The summed E-state index contributed by atoms with van der Waals surface area (Å²) in [6.07, 6.45) is 4.37. The first-order valence-electron chi connectivity index (χ1n) is 5.19. The molecule has 1 unspecified atom stereocenters. The monoisotopic (exact) mass is 211 g/mol. The number of piperidine rings is 1. The van der Waals surface area contributed by atoms with E-state index in [1.807, 2.05) is 13.1 Å². The lowest BCUT2D eigenvalue weighted by molar-refractivity contribution is 0.459. The summed E-state index contributed by atoms with van der Waals surface area (Å²) in [4.78, 5) is 5.68. The summed E-state index contributed by atoms with van der Waals surface area (Å²) in [5.74, 6) is 0.661. The fourth-order valence-electron chi connectivity index (χ4n) is 1.77. The molecule has 0 radical (unpaired) electrons. The van der Waals surface area contributed by atoms with E-state index >= 15 is 0 Å². The van der Waals surface area contributed by atoms with Crippen molar-refractivity contribution in [1.29, 1.82) is 0 Å². The van der Waals surface area contributed by atoms with Gasteiger partial charge in [0, 0.05) is 23.0 Å². The van der Waals surface area contributed by atoms with E-state index in [-0.39, 0.29) is 6.04 Å². The second-order valence-electron chi connectivity index (χ2n) is 3.91. The smallest absolute Gasteiger partial charge is 0.0960 e. The molecule has 1 atom stereocenters. The Kier molecular flexibility index (Phi) is 3.15. The molecule has 0 aliphatic carbocycles. The predicted molar refractivity (Wildman–Crippen MR) is 59.6 cm³/mol. The van der Waals surface area contributed by atoms with E-state index < -0.39 is 0 Å². The average Bonchev–Trinajstić information content (AvgIpc) is 2.68. The Bertz CT molecular complexity index is 289. The van der Waals surface area contributed by atoms with Gasteiger partial charge in [0.15, 0.2) is 0 Å². The normalized spacial score (nSPS) is 21.0. The van der Waals surface area contributed by atoms with Crippen molar-refractivity contribution in [3.63, 3.8) is 0 Å². The Balaban J connectivity index is 2.07. The molecule has 0 saturated carbocycles. The molecule has 0 aromatic carbocycles. The average molecular weight is 211 g/mol. The lowest BCUT2D eigenvalue weighted by Gasteiger charge is -2.20. The van der Waals surface area contributed by atoms with Gasteiger partial charge in [0.25, 0.3) is 0 Å². The molecule has 0 spiro atoms.